The molecule has 2 fully saturated rings. The molecule has 3 rings (SSSR count). The molecule has 4 nitrogen and oxygen atoms in total. The largest absolute Gasteiger partial charge is 0.364 e. The Morgan fingerprint density at radius 1 is 1.40 bits per heavy atom. The number of hydrogen-bond acceptors (Lipinski definition) is 4. The molecular weight excluding hydrogens is 190 g/mol. The van der Waals surface area contributed by atoms with E-state index >= 15 is 0 Å². The molecule has 2 aliphatic heterocycles. The molecule has 1 aromatic rings. The summed E-state index contributed by atoms with van der Waals surface area (Å²) in [6, 6.07) is 2.98. The molecular formula is C11H17N3O. The van der Waals surface area contributed by atoms with Gasteiger partial charge in [-0.3, -0.25) is 4.90 Å². The van der Waals surface area contributed by atoms with Gasteiger partial charge in [-0.1, -0.05) is 11.6 Å². The Hall–Kier alpha value is -0.870. The van der Waals surface area contributed by atoms with Crippen molar-refractivity contribution in [3.05, 3.63) is 18.0 Å². The number of rotatable bonds is 1. The van der Waals surface area contributed by atoms with E-state index in [2.05, 4.69) is 15.4 Å². The Bertz CT molecular complexity index is 310. The van der Waals surface area contributed by atoms with E-state index in [1.165, 1.54) is 32.4 Å². The molecule has 1 aromatic heterocycles. The van der Waals surface area contributed by atoms with Crippen LogP contribution in [0.3, 0.4) is 0 Å². The van der Waals surface area contributed by atoms with Crippen molar-refractivity contribution in [2.45, 2.75) is 31.3 Å². The zero-order valence-electron chi connectivity index (χ0n) is 8.85. The van der Waals surface area contributed by atoms with Gasteiger partial charge in [0.05, 0.1) is 6.04 Å². The summed E-state index contributed by atoms with van der Waals surface area (Å²) in [7, 11) is 0. The minimum atomic E-state index is 0.373. The van der Waals surface area contributed by atoms with Crippen LogP contribution < -0.4 is 5.32 Å². The highest BCUT2D eigenvalue weighted by Gasteiger charge is 2.34. The first-order valence-corrected chi connectivity index (χ1v) is 5.83. The van der Waals surface area contributed by atoms with Crippen LogP contribution in [0.25, 0.3) is 0 Å². The van der Waals surface area contributed by atoms with Gasteiger partial charge in [-0.05, 0) is 19.4 Å². The van der Waals surface area contributed by atoms with Crippen LogP contribution in [0.15, 0.2) is 16.9 Å². The molecule has 2 unspecified atom stereocenters. The molecule has 2 atom stereocenters. The zero-order chi connectivity index (χ0) is 10.1. The maximum Gasteiger partial charge on any atom is 0.124 e. The third-order valence-electron chi connectivity index (χ3n) is 3.59. The molecule has 2 aliphatic rings. The number of nitrogens with one attached hydrogen (secondary N) is 1. The predicted octanol–water partition coefficient (Wildman–Crippen LogP) is 1.17. The fourth-order valence-corrected chi connectivity index (χ4v) is 2.86. The Balaban J connectivity index is 1.82. The summed E-state index contributed by atoms with van der Waals surface area (Å²) in [6.07, 6.45) is 5.64. The third kappa shape index (κ3) is 1.68. The molecule has 2 saturated heterocycles. The highest BCUT2D eigenvalue weighted by molar-refractivity contribution is 5.09. The molecule has 3 heterocycles. The average molecular weight is 207 g/mol. The number of piperidine rings is 1. The summed E-state index contributed by atoms with van der Waals surface area (Å²) in [5.74, 6) is 0. The molecule has 82 valence electrons. The quantitative estimate of drug-likeness (QED) is 0.750. The smallest absolute Gasteiger partial charge is 0.124 e. The molecule has 15 heavy (non-hydrogen) atoms. The van der Waals surface area contributed by atoms with Crippen LogP contribution in [-0.2, 0) is 0 Å². The first-order chi connectivity index (χ1) is 7.45. The van der Waals surface area contributed by atoms with Gasteiger partial charge in [-0.2, -0.15) is 0 Å². The maximum absolute atomic E-state index is 4.94. The van der Waals surface area contributed by atoms with Crippen molar-refractivity contribution in [2.75, 3.05) is 19.6 Å². The van der Waals surface area contributed by atoms with E-state index in [9.17, 15) is 0 Å². The summed E-state index contributed by atoms with van der Waals surface area (Å²) >= 11 is 0. The fraction of sp³-hybridized carbons (Fsp3) is 0.727. The highest BCUT2D eigenvalue weighted by atomic mass is 16.5. The van der Waals surface area contributed by atoms with Gasteiger partial charge in [-0.25, -0.2) is 0 Å². The van der Waals surface area contributed by atoms with Gasteiger partial charge in [0, 0.05) is 25.2 Å². The van der Waals surface area contributed by atoms with Crippen LogP contribution in [0.5, 0.6) is 0 Å². The Morgan fingerprint density at radius 3 is 3.27 bits per heavy atom. The molecule has 0 aromatic carbocycles. The normalized spacial score (nSPS) is 32.5. The van der Waals surface area contributed by atoms with Crippen LogP contribution >= 0.6 is 0 Å². The lowest BCUT2D eigenvalue weighted by Crippen LogP contribution is -2.54. The van der Waals surface area contributed by atoms with E-state index in [1.54, 1.807) is 6.26 Å². The number of fused-ring (bicyclic) bond motifs is 1. The van der Waals surface area contributed by atoms with Crippen LogP contribution in [0.2, 0.25) is 0 Å². The Labute approximate surface area is 89.6 Å². The second-order valence-corrected chi connectivity index (χ2v) is 4.46. The van der Waals surface area contributed by atoms with E-state index in [-0.39, 0.29) is 0 Å². The second-order valence-electron chi connectivity index (χ2n) is 4.46. The van der Waals surface area contributed by atoms with Gasteiger partial charge in [-0.15, -0.1) is 0 Å². The van der Waals surface area contributed by atoms with Crippen molar-refractivity contribution in [2.24, 2.45) is 0 Å². The van der Waals surface area contributed by atoms with Crippen molar-refractivity contribution in [1.82, 2.24) is 15.4 Å². The number of aromatic nitrogens is 1. The Morgan fingerprint density at radius 2 is 2.40 bits per heavy atom. The van der Waals surface area contributed by atoms with Crippen LogP contribution in [0.4, 0.5) is 0 Å². The van der Waals surface area contributed by atoms with Gasteiger partial charge in [0.25, 0.3) is 0 Å². The lowest BCUT2D eigenvalue weighted by atomic mass is 9.92. The van der Waals surface area contributed by atoms with Gasteiger partial charge < -0.3 is 9.84 Å². The van der Waals surface area contributed by atoms with Crippen molar-refractivity contribution < 1.29 is 4.52 Å². The van der Waals surface area contributed by atoms with E-state index in [1.807, 2.05) is 6.07 Å². The van der Waals surface area contributed by atoms with Crippen LogP contribution in [0.1, 0.15) is 31.0 Å². The van der Waals surface area contributed by atoms with Crippen molar-refractivity contribution in [3.63, 3.8) is 0 Å². The monoisotopic (exact) mass is 207 g/mol. The summed E-state index contributed by atoms with van der Waals surface area (Å²) < 4.78 is 4.94. The average Bonchev–Trinajstić information content (AvgIpc) is 2.82. The minimum absolute atomic E-state index is 0.373. The van der Waals surface area contributed by atoms with Gasteiger partial charge >= 0.3 is 0 Å². The molecule has 0 radical (unpaired) electrons. The predicted molar refractivity (Wildman–Crippen MR) is 56.5 cm³/mol. The first kappa shape index (κ1) is 9.36. The lowest BCUT2D eigenvalue weighted by molar-refractivity contribution is 0.0804. The van der Waals surface area contributed by atoms with E-state index < -0.39 is 0 Å². The lowest BCUT2D eigenvalue weighted by Gasteiger charge is -2.44. The van der Waals surface area contributed by atoms with Gasteiger partial charge in [0.15, 0.2) is 0 Å². The second kappa shape index (κ2) is 3.94. The molecule has 0 spiro atoms. The Kier molecular flexibility index (Phi) is 2.46. The molecule has 4 heteroatoms. The number of piperazine rings is 1. The number of nitrogens with zero attached hydrogens (tertiary/aromatic N) is 2. The topological polar surface area (TPSA) is 41.3 Å². The minimum Gasteiger partial charge on any atom is -0.364 e. The van der Waals surface area contributed by atoms with Crippen LogP contribution in [0, 0.1) is 0 Å². The summed E-state index contributed by atoms with van der Waals surface area (Å²) in [6.45, 7) is 3.49. The van der Waals surface area contributed by atoms with Gasteiger partial charge in [0.1, 0.15) is 12.0 Å². The van der Waals surface area contributed by atoms with E-state index in [0.29, 0.717) is 12.1 Å². The highest BCUT2D eigenvalue weighted by Crippen LogP contribution is 2.29. The van der Waals surface area contributed by atoms with Gasteiger partial charge in [0.2, 0.25) is 0 Å². The van der Waals surface area contributed by atoms with E-state index in [0.717, 1.165) is 12.2 Å². The third-order valence-corrected chi connectivity index (χ3v) is 3.59. The SMILES string of the molecule is c1cc(C2NCCN3CCCCC23)no1. The first-order valence-electron chi connectivity index (χ1n) is 5.83. The molecule has 0 amide bonds. The zero-order valence-corrected chi connectivity index (χ0v) is 8.85. The summed E-state index contributed by atoms with van der Waals surface area (Å²) in [5, 5.41) is 7.62. The summed E-state index contributed by atoms with van der Waals surface area (Å²) in [4.78, 5) is 2.60. The maximum atomic E-state index is 4.94. The van der Waals surface area contributed by atoms with Crippen molar-refractivity contribution in [3.8, 4) is 0 Å². The van der Waals surface area contributed by atoms with Crippen LogP contribution in [-0.4, -0.2) is 35.7 Å². The number of hydrogen-bond donors (Lipinski definition) is 1. The van der Waals surface area contributed by atoms with E-state index in [4.69, 9.17) is 4.52 Å². The van der Waals surface area contributed by atoms with Crippen molar-refractivity contribution >= 4 is 0 Å². The fourth-order valence-electron chi connectivity index (χ4n) is 2.86. The molecule has 0 aliphatic carbocycles. The van der Waals surface area contributed by atoms with Crippen molar-refractivity contribution in [1.29, 1.82) is 0 Å². The summed E-state index contributed by atoms with van der Waals surface area (Å²) in [5.41, 5.74) is 1.06. The molecule has 1 N–H and O–H groups in total. The molecule has 0 bridgehead atoms. The standard InChI is InChI=1S/C11H17N3O/c1-2-6-14-7-5-12-11(10(14)3-1)9-4-8-15-13-9/h4,8,10-12H,1-3,5-7H2. The molecule has 0 saturated carbocycles.